The number of hydrogen-bond donors (Lipinski definition) is 2. The molecule has 0 spiro atoms. The SMILES string of the molecule is CC(C)[C@@H](NC(=O)OC(C)(C)C)C(=O)O[C@@H]1CC(=O)NC1=O. The van der Waals surface area contributed by atoms with E-state index >= 15 is 0 Å². The van der Waals surface area contributed by atoms with Crippen molar-refractivity contribution in [3.05, 3.63) is 0 Å². The highest BCUT2D eigenvalue weighted by atomic mass is 16.6. The standard InChI is InChI=1S/C14H22N2O6/c1-7(2)10(16-13(20)22-14(3,4)5)12(19)21-8-6-9(17)15-11(8)18/h7-8,10H,6H2,1-5H3,(H,16,20)(H,15,17,18)/t8-,10-/m1/s1. The van der Waals surface area contributed by atoms with Gasteiger partial charge in [0.15, 0.2) is 6.10 Å². The molecule has 0 radical (unpaired) electrons. The minimum atomic E-state index is -1.15. The summed E-state index contributed by atoms with van der Waals surface area (Å²) in [4.78, 5) is 46.3. The molecule has 8 nitrogen and oxygen atoms in total. The predicted molar refractivity (Wildman–Crippen MR) is 75.6 cm³/mol. The first-order chi connectivity index (χ1) is 9.99. The number of ether oxygens (including phenoxy) is 2. The van der Waals surface area contributed by atoms with Crippen molar-refractivity contribution in [1.82, 2.24) is 10.6 Å². The van der Waals surface area contributed by atoms with Crippen LogP contribution in [-0.2, 0) is 23.9 Å². The van der Waals surface area contributed by atoms with Crippen LogP contribution in [0.4, 0.5) is 4.79 Å². The molecule has 0 aromatic rings. The molecule has 0 bridgehead atoms. The van der Waals surface area contributed by atoms with Crippen molar-refractivity contribution < 1.29 is 28.7 Å². The summed E-state index contributed by atoms with van der Waals surface area (Å²) in [6, 6.07) is -0.974. The molecule has 1 rings (SSSR count). The predicted octanol–water partition coefficient (Wildman–Crippen LogP) is 0.494. The Morgan fingerprint density at radius 1 is 1.27 bits per heavy atom. The quantitative estimate of drug-likeness (QED) is 0.577. The van der Waals surface area contributed by atoms with Gasteiger partial charge >= 0.3 is 12.1 Å². The summed E-state index contributed by atoms with van der Waals surface area (Å²) in [5, 5.41) is 4.47. The van der Waals surface area contributed by atoms with Gasteiger partial charge in [-0.15, -0.1) is 0 Å². The van der Waals surface area contributed by atoms with E-state index in [4.69, 9.17) is 9.47 Å². The van der Waals surface area contributed by atoms with Gasteiger partial charge < -0.3 is 14.8 Å². The molecule has 0 unspecified atom stereocenters. The number of carbonyl (C=O) groups excluding carboxylic acids is 4. The average Bonchev–Trinajstić information content (AvgIpc) is 2.62. The fourth-order valence-electron chi connectivity index (χ4n) is 1.77. The molecular formula is C14H22N2O6. The van der Waals surface area contributed by atoms with Gasteiger partial charge in [-0.1, -0.05) is 13.8 Å². The fraction of sp³-hybridized carbons (Fsp3) is 0.714. The van der Waals surface area contributed by atoms with Crippen molar-refractivity contribution in [3.63, 3.8) is 0 Å². The summed E-state index contributed by atoms with van der Waals surface area (Å²) in [6.45, 7) is 8.52. The van der Waals surface area contributed by atoms with Crippen molar-refractivity contribution in [3.8, 4) is 0 Å². The molecule has 1 fully saturated rings. The Hall–Kier alpha value is -2.12. The van der Waals surface area contributed by atoms with E-state index < -0.39 is 41.6 Å². The van der Waals surface area contributed by atoms with Gasteiger partial charge in [0.05, 0.1) is 6.42 Å². The topological polar surface area (TPSA) is 111 Å². The maximum absolute atomic E-state index is 12.1. The second-order valence-electron chi connectivity index (χ2n) is 6.41. The van der Waals surface area contributed by atoms with Gasteiger partial charge in [0, 0.05) is 0 Å². The molecular weight excluding hydrogens is 292 g/mol. The lowest BCUT2D eigenvalue weighted by Gasteiger charge is -2.25. The van der Waals surface area contributed by atoms with E-state index in [1.54, 1.807) is 34.6 Å². The summed E-state index contributed by atoms with van der Waals surface area (Å²) < 4.78 is 10.1. The number of esters is 1. The summed E-state index contributed by atoms with van der Waals surface area (Å²) in [6.07, 6.45) is -2.11. The van der Waals surface area contributed by atoms with E-state index in [0.29, 0.717) is 0 Å². The Labute approximate surface area is 128 Å². The molecule has 22 heavy (non-hydrogen) atoms. The van der Waals surface area contributed by atoms with Crippen LogP contribution in [0.25, 0.3) is 0 Å². The number of carbonyl (C=O) groups is 4. The van der Waals surface area contributed by atoms with E-state index in [-0.39, 0.29) is 12.3 Å². The van der Waals surface area contributed by atoms with Crippen LogP contribution in [0.5, 0.6) is 0 Å². The highest BCUT2D eigenvalue weighted by Gasteiger charge is 2.37. The Morgan fingerprint density at radius 2 is 1.86 bits per heavy atom. The van der Waals surface area contributed by atoms with Crippen LogP contribution in [0.3, 0.4) is 0 Å². The number of imide groups is 1. The van der Waals surface area contributed by atoms with Crippen LogP contribution in [-0.4, -0.2) is 41.6 Å². The Balaban J connectivity index is 2.66. The molecule has 2 N–H and O–H groups in total. The van der Waals surface area contributed by atoms with E-state index in [9.17, 15) is 19.2 Å². The third kappa shape index (κ3) is 5.34. The summed E-state index contributed by atoms with van der Waals surface area (Å²) >= 11 is 0. The zero-order chi connectivity index (χ0) is 17.1. The van der Waals surface area contributed by atoms with Gasteiger partial charge in [-0.3, -0.25) is 14.9 Å². The first kappa shape index (κ1) is 17.9. The van der Waals surface area contributed by atoms with Crippen LogP contribution < -0.4 is 10.6 Å². The zero-order valence-electron chi connectivity index (χ0n) is 13.4. The van der Waals surface area contributed by atoms with Gasteiger partial charge in [-0.25, -0.2) is 9.59 Å². The van der Waals surface area contributed by atoms with E-state index in [2.05, 4.69) is 5.32 Å². The van der Waals surface area contributed by atoms with Crippen LogP contribution in [0.1, 0.15) is 41.0 Å². The molecule has 0 aromatic heterocycles. The molecule has 1 heterocycles. The summed E-state index contributed by atoms with van der Waals surface area (Å²) in [7, 11) is 0. The van der Waals surface area contributed by atoms with Crippen molar-refractivity contribution in [2.45, 2.75) is 58.8 Å². The number of hydrogen-bond acceptors (Lipinski definition) is 6. The third-order valence-corrected chi connectivity index (χ3v) is 2.78. The average molecular weight is 314 g/mol. The molecule has 1 saturated heterocycles. The lowest BCUT2D eigenvalue weighted by molar-refractivity contribution is -0.157. The molecule has 124 valence electrons. The number of rotatable bonds is 4. The van der Waals surface area contributed by atoms with Crippen molar-refractivity contribution in [1.29, 1.82) is 0 Å². The van der Waals surface area contributed by atoms with Gasteiger partial charge in [-0.2, -0.15) is 0 Å². The van der Waals surface area contributed by atoms with Crippen molar-refractivity contribution in [2.75, 3.05) is 0 Å². The molecule has 0 aromatic carbocycles. The Kier molecular flexibility index (Phi) is 5.51. The molecule has 2 atom stereocenters. The fourth-order valence-corrected chi connectivity index (χ4v) is 1.77. The van der Waals surface area contributed by atoms with Crippen LogP contribution >= 0.6 is 0 Å². The Morgan fingerprint density at radius 3 is 2.27 bits per heavy atom. The van der Waals surface area contributed by atoms with Gasteiger partial charge in [0.2, 0.25) is 5.91 Å². The summed E-state index contributed by atoms with van der Waals surface area (Å²) in [5.74, 6) is -2.21. The normalized spacial score (nSPS) is 19.6. The monoisotopic (exact) mass is 314 g/mol. The van der Waals surface area contributed by atoms with Crippen LogP contribution in [0.2, 0.25) is 0 Å². The maximum atomic E-state index is 12.1. The minimum absolute atomic E-state index is 0.207. The van der Waals surface area contributed by atoms with Crippen molar-refractivity contribution >= 4 is 23.9 Å². The molecule has 3 amide bonds. The first-order valence-corrected chi connectivity index (χ1v) is 7.03. The van der Waals surface area contributed by atoms with Crippen LogP contribution in [0.15, 0.2) is 0 Å². The highest BCUT2D eigenvalue weighted by molar-refractivity contribution is 6.05. The third-order valence-electron chi connectivity index (χ3n) is 2.78. The van der Waals surface area contributed by atoms with Crippen LogP contribution in [0, 0.1) is 5.92 Å². The highest BCUT2D eigenvalue weighted by Crippen LogP contribution is 2.13. The van der Waals surface area contributed by atoms with Gasteiger partial charge in [0.25, 0.3) is 5.91 Å². The number of amides is 3. The zero-order valence-corrected chi connectivity index (χ0v) is 13.4. The molecule has 1 aliphatic heterocycles. The molecule has 0 aliphatic carbocycles. The largest absolute Gasteiger partial charge is 0.450 e. The van der Waals surface area contributed by atoms with E-state index in [1.165, 1.54) is 0 Å². The summed E-state index contributed by atoms with van der Waals surface area (Å²) in [5.41, 5.74) is -0.701. The lowest BCUT2D eigenvalue weighted by Crippen LogP contribution is -2.48. The van der Waals surface area contributed by atoms with E-state index in [0.717, 1.165) is 0 Å². The minimum Gasteiger partial charge on any atom is -0.450 e. The molecule has 0 saturated carbocycles. The maximum Gasteiger partial charge on any atom is 0.408 e. The lowest BCUT2D eigenvalue weighted by atomic mass is 10.0. The second kappa shape index (κ2) is 6.76. The van der Waals surface area contributed by atoms with Gasteiger partial charge in [0.1, 0.15) is 11.6 Å². The van der Waals surface area contributed by atoms with Crippen molar-refractivity contribution in [2.24, 2.45) is 5.92 Å². The first-order valence-electron chi connectivity index (χ1n) is 7.03. The molecule has 8 heteroatoms. The van der Waals surface area contributed by atoms with E-state index in [1.807, 2.05) is 5.32 Å². The number of nitrogens with one attached hydrogen (secondary N) is 2. The van der Waals surface area contributed by atoms with Gasteiger partial charge in [-0.05, 0) is 26.7 Å². The second-order valence-corrected chi connectivity index (χ2v) is 6.41. The Bertz CT molecular complexity index is 480. The molecule has 1 aliphatic rings. The smallest absolute Gasteiger partial charge is 0.408 e. The number of alkyl carbamates (subject to hydrolysis) is 1.